The van der Waals surface area contributed by atoms with Crippen LogP contribution in [0.25, 0.3) is 33.8 Å². The molecule has 264 valence electrons. The Labute approximate surface area is 299 Å². The number of nitrogens with zero attached hydrogens (tertiary/aromatic N) is 2. The Bertz CT molecular complexity index is 2370. The van der Waals surface area contributed by atoms with Crippen LogP contribution < -0.4 is 20.7 Å². The smallest absolute Gasteiger partial charge is 0.249 e. The Morgan fingerprint density at radius 2 is 1.81 bits per heavy atom. The molecular weight excluding hydrogens is 660 g/mol. The number of anilines is 1. The zero-order valence-corrected chi connectivity index (χ0v) is 29.1. The highest BCUT2D eigenvalue weighted by molar-refractivity contribution is 5.94. The van der Waals surface area contributed by atoms with Crippen molar-refractivity contribution in [3.8, 4) is 28.7 Å². The highest BCUT2D eigenvalue weighted by Gasteiger charge is 2.61. The van der Waals surface area contributed by atoms with Gasteiger partial charge in [0.1, 0.15) is 29.4 Å². The fourth-order valence-corrected chi connectivity index (χ4v) is 7.79. The molecule has 5 atom stereocenters. The summed E-state index contributed by atoms with van der Waals surface area (Å²) in [7, 11) is 0. The van der Waals surface area contributed by atoms with Crippen LogP contribution in [0.2, 0.25) is 0 Å². The Hall–Kier alpha value is -5.88. The lowest BCUT2D eigenvalue weighted by Crippen LogP contribution is -2.52. The summed E-state index contributed by atoms with van der Waals surface area (Å²) in [4.78, 5) is 40.4. The number of rotatable bonds is 6. The molecule has 2 amide bonds. The van der Waals surface area contributed by atoms with E-state index in [1.165, 1.54) is 0 Å². The summed E-state index contributed by atoms with van der Waals surface area (Å²) in [5.41, 5.74) is 4.59. The minimum Gasteiger partial charge on any atom is -0.469 e. The second-order valence-electron chi connectivity index (χ2n) is 14.5. The van der Waals surface area contributed by atoms with Crippen LogP contribution in [0.1, 0.15) is 62.1 Å². The molecular formula is C40H38N6O6. The Balaban J connectivity index is 1.26. The molecule has 3 aromatic carbocycles. The van der Waals surface area contributed by atoms with Crippen molar-refractivity contribution in [3.05, 3.63) is 107 Å². The van der Waals surface area contributed by atoms with Gasteiger partial charge in [0.05, 0.1) is 6.20 Å². The summed E-state index contributed by atoms with van der Waals surface area (Å²) in [5.74, 6) is 0.625. The fraction of sp³-hybridized carbons (Fsp3) is 0.300. The first-order chi connectivity index (χ1) is 25.1. The van der Waals surface area contributed by atoms with E-state index in [2.05, 4.69) is 27.0 Å². The van der Waals surface area contributed by atoms with E-state index >= 15 is 0 Å². The fourth-order valence-electron chi connectivity index (χ4n) is 7.79. The molecule has 12 heteroatoms. The molecule has 1 spiro atoms. The van der Waals surface area contributed by atoms with Crippen LogP contribution in [0.4, 0.5) is 5.69 Å². The maximum Gasteiger partial charge on any atom is 0.249 e. The lowest BCUT2D eigenvalue weighted by atomic mass is 9.72. The van der Waals surface area contributed by atoms with Gasteiger partial charge < -0.3 is 39.6 Å². The van der Waals surface area contributed by atoms with Crippen molar-refractivity contribution < 1.29 is 28.3 Å². The predicted molar refractivity (Wildman–Crippen MR) is 192 cm³/mol. The highest BCUT2D eigenvalue weighted by atomic mass is 16.5. The van der Waals surface area contributed by atoms with E-state index in [1.54, 1.807) is 20.0 Å². The van der Waals surface area contributed by atoms with E-state index in [4.69, 9.17) is 23.5 Å². The van der Waals surface area contributed by atoms with Crippen LogP contribution in [-0.2, 0) is 21.4 Å². The monoisotopic (exact) mass is 698 g/mol. The van der Waals surface area contributed by atoms with Crippen LogP contribution >= 0.6 is 0 Å². The Kier molecular flexibility index (Phi) is 7.30. The van der Waals surface area contributed by atoms with Crippen molar-refractivity contribution in [1.82, 2.24) is 25.6 Å². The summed E-state index contributed by atoms with van der Waals surface area (Å²) < 4.78 is 20.2. The van der Waals surface area contributed by atoms with Crippen molar-refractivity contribution in [1.29, 1.82) is 0 Å². The molecule has 4 bridgehead atoms. The largest absolute Gasteiger partial charge is 0.469 e. The van der Waals surface area contributed by atoms with Crippen LogP contribution in [0.3, 0.4) is 0 Å². The molecule has 52 heavy (non-hydrogen) atoms. The SMILES string of the molecule is CC(C)[C@H](O)C(=O)NC1Cc2ccc3c(c2)C2(c4ccccc4NC2O3)c2oc(nc2-c2ncc(-c3c[nH]c4ccccc34)o2)[C@H](C(C)C)NC1=O. The van der Waals surface area contributed by atoms with Crippen molar-refractivity contribution >= 4 is 28.4 Å². The lowest BCUT2D eigenvalue weighted by Gasteiger charge is -2.29. The maximum absolute atomic E-state index is 14.1. The second kappa shape index (κ2) is 11.8. The van der Waals surface area contributed by atoms with Crippen LogP contribution in [0, 0.1) is 11.8 Å². The molecule has 3 aromatic heterocycles. The zero-order chi connectivity index (χ0) is 35.9. The van der Waals surface area contributed by atoms with Crippen molar-refractivity contribution in [2.45, 2.75) is 63.9 Å². The van der Waals surface area contributed by atoms with E-state index < -0.39 is 41.6 Å². The van der Waals surface area contributed by atoms with E-state index in [0.717, 1.165) is 38.8 Å². The minimum absolute atomic E-state index is 0.170. The van der Waals surface area contributed by atoms with Gasteiger partial charge in [0.2, 0.25) is 23.6 Å². The number of para-hydroxylation sites is 2. The summed E-state index contributed by atoms with van der Waals surface area (Å²) in [5, 5.41) is 21.1. The molecule has 0 saturated heterocycles. The third kappa shape index (κ3) is 4.77. The molecule has 6 heterocycles. The quantitative estimate of drug-likeness (QED) is 0.144. The molecule has 12 nitrogen and oxygen atoms in total. The molecule has 9 rings (SSSR count). The number of hydrogen-bond donors (Lipinski definition) is 5. The number of nitrogens with one attached hydrogen (secondary N) is 4. The van der Waals surface area contributed by atoms with Crippen molar-refractivity contribution in [2.75, 3.05) is 5.32 Å². The van der Waals surface area contributed by atoms with Gasteiger partial charge in [0.15, 0.2) is 23.4 Å². The number of aliphatic hydroxyl groups excluding tert-OH is 1. The molecule has 3 aliphatic rings. The maximum atomic E-state index is 14.1. The summed E-state index contributed by atoms with van der Waals surface area (Å²) in [6, 6.07) is 20.1. The molecule has 0 saturated carbocycles. The van der Waals surface area contributed by atoms with E-state index in [0.29, 0.717) is 23.0 Å². The number of benzene rings is 3. The number of aliphatic hydroxyl groups is 1. The standard InChI is InChI=1S/C40H38N6O6/c1-19(2)31-38-46-32(37-42-18-30(50-37)23-17-41-26-11-7-5-9-22(23)26)34(52-38)40-24-10-6-8-12-27(24)44-39(40)51-29-14-13-21(15-25(29)40)16-28(35(48)45-31)43-36(49)33(47)20(3)4/h5-15,17-20,28,31,33,39,41,44,47H,16H2,1-4H3,(H,43,49)(H,45,48)/t28?,31-,33-,39?,40?/m0/s1. The summed E-state index contributed by atoms with van der Waals surface area (Å²) in [6.07, 6.45) is 1.87. The van der Waals surface area contributed by atoms with Gasteiger partial charge in [-0.25, -0.2) is 9.97 Å². The number of ether oxygens (including phenoxy) is 1. The van der Waals surface area contributed by atoms with Gasteiger partial charge in [-0.3, -0.25) is 9.59 Å². The topological polar surface area (TPSA) is 168 Å². The number of aromatic nitrogens is 3. The minimum atomic E-state index is -1.28. The van der Waals surface area contributed by atoms with Gasteiger partial charge in [-0.15, -0.1) is 0 Å². The van der Waals surface area contributed by atoms with E-state index in [-0.39, 0.29) is 30.0 Å². The molecule has 0 radical (unpaired) electrons. The first kappa shape index (κ1) is 32.1. The third-order valence-electron chi connectivity index (χ3n) is 10.5. The first-order valence-electron chi connectivity index (χ1n) is 17.6. The Morgan fingerprint density at radius 3 is 2.63 bits per heavy atom. The second-order valence-corrected chi connectivity index (χ2v) is 14.5. The summed E-state index contributed by atoms with van der Waals surface area (Å²) >= 11 is 0. The van der Waals surface area contributed by atoms with E-state index in [1.807, 2.05) is 80.7 Å². The van der Waals surface area contributed by atoms with Gasteiger partial charge in [0.25, 0.3) is 0 Å². The van der Waals surface area contributed by atoms with Gasteiger partial charge in [0, 0.05) is 40.3 Å². The average Bonchev–Trinajstić information content (AvgIpc) is 3.96. The number of hydrogen-bond acceptors (Lipinski definition) is 9. The van der Waals surface area contributed by atoms with Gasteiger partial charge in [-0.1, -0.05) is 76.2 Å². The van der Waals surface area contributed by atoms with Crippen LogP contribution in [-0.4, -0.2) is 50.2 Å². The molecule has 3 unspecified atom stereocenters. The van der Waals surface area contributed by atoms with Crippen LogP contribution in [0.5, 0.6) is 5.75 Å². The Morgan fingerprint density at radius 1 is 1.00 bits per heavy atom. The number of amides is 2. The number of fused-ring (bicyclic) bond motifs is 5. The molecule has 5 N–H and O–H groups in total. The zero-order valence-electron chi connectivity index (χ0n) is 29.1. The predicted octanol–water partition coefficient (Wildman–Crippen LogP) is 5.83. The number of carbonyl (C=O) groups is 2. The van der Waals surface area contributed by atoms with Crippen molar-refractivity contribution in [3.63, 3.8) is 0 Å². The number of oxazole rings is 2. The lowest BCUT2D eigenvalue weighted by molar-refractivity contribution is -0.135. The molecule has 0 aliphatic carbocycles. The number of H-pyrrole nitrogens is 1. The average molecular weight is 699 g/mol. The molecule has 3 aliphatic heterocycles. The molecule has 6 aromatic rings. The molecule has 0 fully saturated rings. The highest BCUT2D eigenvalue weighted by Crippen LogP contribution is 2.59. The van der Waals surface area contributed by atoms with Crippen LogP contribution in [0.15, 0.2) is 88.0 Å². The van der Waals surface area contributed by atoms with Gasteiger partial charge in [-0.2, -0.15) is 0 Å². The van der Waals surface area contributed by atoms with Gasteiger partial charge in [-0.05, 0) is 41.2 Å². The third-order valence-corrected chi connectivity index (χ3v) is 10.5. The van der Waals surface area contributed by atoms with E-state index in [9.17, 15) is 14.7 Å². The normalized spacial score (nSPS) is 22.2. The van der Waals surface area contributed by atoms with Gasteiger partial charge >= 0.3 is 0 Å². The first-order valence-corrected chi connectivity index (χ1v) is 17.6. The summed E-state index contributed by atoms with van der Waals surface area (Å²) in [6.45, 7) is 7.42. The number of carbonyl (C=O) groups excluding carboxylic acids is 2. The van der Waals surface area contributed by atoms with Crippen molar-refractivity contribution in [2.24, 2.45) is 11.8 Å². The number of aromatic amines is 1.